The third-order valence-electron chi connectivity index (χ3n) is 7.39. The average molecular weight is 382 g/mol. The SMILES string of the molecule is c1ccc(-c2ccc(-c3ccc(C4CCC(C5CCCC5)CC4)cc3)cn2)cc1. The molecule has 0 unspecified atom stereocenters. The van der Waals surface area contributed by atoms with Crippen molar-refractivity contribution in [2.45, 2.75) is 57.3 Å². The molecule has 1 heteroatoms. The highest BCUT2D eigenvalue weighted by atomic mass is 14.7. The number of nitrogens with zero attached hydrogens (tertiary/aromatic N) is 1. The molecule has 2 fully saturated rings. The average Bonchev–Trinajstić information content (AvgIpc) is 3.35. The molecule has 0 radical (unpaired) electrons. The molecule has 29 heavy (non-hydrogen) atoms. The van der Waals surface area contributed by atoms with Crippen molar-refractivity contribution >= 4 is 0 Å². The molecular weight excluding hydrogens is 350 g/mol. The maximum absolute atomic E-state index is 4.68. The van der Waals surface area contributed by atoms with Crippen molar-refractivity contribution < 1.29 is 0 Å². The summed E-state index contributed by atoms with van der Waals surface area (Å²) in [6, 6.07) is 24.0. The Morgan fingerprint density at radius 2 is 1.21 bits per heavy atom. The standard InChI is InChI=1S/C28H31N/c1-2-8-26(9-3-1)28-19-18-27(20-29-28)25-16-14-24(15-17-25)23-12-10-22(11-13-23)21-6-4-5-7-21/h1-3,8-9,14-23H,4-7,10-13H2. The first-order valence-electron chi connectivity index (χ1n) is 11.5. The van der Waals surface area contributed by atoms with E-state index in [0.29, 0.717) is 0 Å². The van der Waals surface area contributed by atoms with Crippen LogP contribution in [0.1, 0.15) is 62.8 Å². The molecule has 2 saturated carbocycles. The molecule has 1 aromatic heterocycles. The van der Waals surface area contributed by atoms with Crippen LogP contribution < -0.4 is 0 Å². The second kappa shape index (κ2) is 8.53. The highest BCUT2D eigenvalue weighted by molar-refractivity contribution is 5.67. The Bertz CT molecular complexity index is 897. The lowest BCUT2D eigenvalue weighted by atomic mass is 9.73. The van der Waals surface area contributed by atoms with E-state index in [4.69, 9.17) is 0 Å². The molecule has 2 aromatic carbocycles. The summed E-state index contributed by atoms with van der Waals surface area (Å²) in [6.07, 6.45) is 13.6. The molecule has 1 nitrogen and oxygen atoms in total. The molecular formula is C28H31N. The van der Waals surface area contributed by atoms with E-state index in [1.807, 2.05) is 12.3 Å². The van der Waals surface area contributed by atoms with Gasteiger partial charge in [0.25, 0.3) is 0 Å². The number of hydrogen-bond donors (Lipinski definition) is 0. The number of pyridine rings is 1. The molecule has 2 aliphatic rings. The minimum atomic E-state index is 0.764. The van der Waals surface area contributed by atoms with Crippen molar-refractivity contribution in [3.63, 3.8) is 0 Å². The van der Waals surface area contributed by atoms with Gasteiger partial charge in [0, 0.05) is 17.3 Å². The van der Waals surface area contributed by atoms with Gasteiger partial charge in [0.2, 0.25) is 0 Å². The van der Waals surface area contributed by atoms with Gasteiger partial charge in [-0.3, -0.25) is 4.98 Å². The first-order valence-corrected chi connectivity index (χ1v) is 11.5. The van der Waals surface area contributed by atoms with E-state index in [0.717, 1.165) is 23.4 Å². The summed E-state index contributed by atoms with van der Waals surface area (Å²) >= 11 is 0. The summed E-state index contributed by atoms with van der Waals surface area (Å²) in [5.41, 5.74) is 6.20. The first-order chi connectivity index (χ1) is 14.4. The van der Waals surface area contributed by atoms with Crippen molar-refractivity contribution in [2.24, 2.45) is 11.8 Å². The molecule has 3 aromatic rings. The van der Waals surface area contributed by atoms with Crippen molar-refractivity contribution in [3.05, 3.63) is 78.5 Å². The van der Waals surface area contributed by atoms with Gasteiger partial charge in [-0.25, -0.2) is 0 Å². The fourth-order valence-corrected chi connectivity index (χ4v) is 5.64. The van der Waals surface area contributed by atoms with Gasteiger partial charge in [0.1, 0.15) is 0 Å². The third-order valence-corrected chi connectivity index (χ3v) is 7.39. The zero-order valence-electron chi connectivity index (χ0n) is 17.3. The Hall–Kier alpha value is -2.41. The van der Waals surface area contributed by atoms with E-state index in [9.17, 15) is 0 Å². The van der Waals surface area contributed by atoms with E-state index < -0.39 is 0 Å². The van der Waals surface area contributed by atoms with Crippen LogP contribution in [-0.2, 0) is 0 Å². The Labute approximate surface area is 175 Å². The van der Waals surface area contributed by atoms with Crippen molar-refractivity contribution in [1.82, 2.24) is 4.98 Å². The van der Waals surface area contributed by atoms with Crippen molar-refractivity contribution in [1.29, 1.82) is 0 Å². The summed E-state index contributed by atoms with van der Waals surface area (Å²) < 4.78 is 0. The van der Waals surface area contributed by atoms with E-state index in [1.54, 1.807) is 0 Å². The van der Waals surface area contributed by atoms with Gasteiger partial charge in [-0.15, -0.1) is 0 Å². The Morgan fingerprint density at radius 3 is 1.86 bits per heavy atom. The number of benzene rings is 2. The maximum Gasteiger partial charge on any atom is 0.0702 e. The fraction of sp³-hybridized carbons (Fsp3) is 0.393. The molecule has 0 saturated heterocycles. The number of aromatic nitrogens is 1. The highest BCUT2D eigenvalue weighted by Crippen LogP contribution is 2.43. The summed E-state index contributed by atoms with van der Waals surface area (Å²) in [5.74, 6) is 2.83. The monoisotopic (exact) mass is 381 g/mol. The molecule has 0 atom stereocenters. The maximum atomic E-state index is 4.68. The second-order valence-electron chi connectivity index (χ2n) is 9.08. The zero-order valence-corrected chi connectivity index (χ0v) is 17.3. The smallest absolute Gasteiger partial charge is 0.0702 e. The second-order valence-corrected chi connectivity index (χ2v) is 9.08. The van der Waals surface area contributed by atoms with Crippen LogP contribution in [0, 0.1) is 11.8 Å². The van der Waals surface area contributed by atoms with E-state index in [1.165, 1.54) is 73.6 Å². The van der Waals surface area contributed by atoms with Crippen LogP contribution in [0.2, 0.25) is 0 Å². The predicted octanol–water partition coefficient (Wildman–Crippen LogP) is 7.88. The molecule has 2 aliphatic carbocycles. The van der Waals surface area contributed by atoms with E-state index in [2.05, 4.69) is 65.6 Å². The topological polar surface area (TPSA) is 12.9 Å². The van der Waals surface area contributed by atoms with Crippen molar-refractivity contribution in [3.8, 4) is 22.4 Å². The summed E-state index contributed by atoms with van der Waals surface area (Å²) in [4.78, 5) is 4.68. The van der Waals surface area contributed by atoms with Crippen LogP contribution in [0.15, 0.2) is 72.9 Å². The van der Waals surface area contributed by atoms with Gasteiger partial charge >= 0.3 is 0 Å². The predicted molar refractivity (Wildman–Crippen MR) is 122 cm³/mol. The molecule has 1 heterocycles. The Morgan fingerprint density at radius 1 is 0.552 bits per heavy atom. The lowest BCUT2D eigenvalue weighted by Crippen LogP contribution is -2.19. The van der Waals surface area contributed by atoms with Crippen LogP contribution >= 0.6 is 0 Å². The quantitative estimate of drug-likeness (QED) is 0.448. The largest absolute Gasteiger partial charge is 0.256 e. The summed E-state index contributed by atoms with van der Waals surface area (Å²) in [6.45, 7) is 0. The Kier molecular flexibility index (Phi) is 5.47. The van der Waals surface area contributed by atoms with Gasteiger partial charge in [0.05, 0.1) is 5.69 Å². The number of hydrogen-bond acceptors (Lipinski definition) is 1. The van der Waals surface area contributed by atoms with Crippen LogP contribution in [0.25, 0.3) is 22.4 Å². The van der Waals surface area contributed by atoms with Crippen LogP contribution in [-0.4, -0.2) is 4.98 Å². The van der Waals surface area contributed by atoms with Gasteiger partial charge in [-0.2, -0.15) is 0 Å². The van der Waals surface area contributed by atoms with Gasteiger partial charge in [-0.1, -0.05) is 86.3 Å². The van der Waals surface area contributed by atoms with Gasteiger partial charge in [-0.05, 0) is 60.6 Å². The van der Waals surface area contributed by atoms with Gasteiger partial charge in [0.15, 0.2) is 0 Å². The zero-order chi connectivity index (χ0) is 19.5. The van der Waals surface area contributed by atoms with Crippen LogP contribution in [0.5, 0.6) is 0 Å². The van der Waals surface area contributed by atoms with E-state index in [-0.39, 0.29) is 0 Å². The molecule has 0 N–H and O–H groups in total. The third kappa shape index (κ3) is 4.15. The first kappa shape index (κ1) is 18.6. The molecule has 0 aliphatic heterocycles. The lowest BCUT2D eigenvalue weighted by Gasteiger charge is -2.32. The molecule has 5 rings (SSSR count). The lowest BCUT2D eigenvalue weighted by molar-refractivity contribution is 0.235. The molecule has 0 spiro atoms. The van der Waals surface area contributed by atoms with E-state index >= 15 is 0 Å². The molecule has 0 bridgehead atoms. The highest BCUT2D eigenvalue weighted by Gasteiger charge is 2.29. The molecule has 148 valence electrons. The van der Waals surface area contributed by atoms with Crippen molar-refractivity contribution in [2.75, 3.05) is 0 Å². The van der Waals surface area contributed by atoms with Gasteiger partial charge < -0.3 is 0 Å². The Balaban J connectivity index is 1.23. The minimum Gasteiger partial charge on any atom is -0.256 e. The summed E-state index contributed by atoms with van der Waals surface area (Å²) in [5, 5.41) is 0. The van der Waals surface area contributed by atoms with Crippen LogP contribution in [0.4, 0.5) is 0 Å². The fourth-order valence-electron chi connectivity index (χ4n) is 5.64. The van der Waals surface area contributed by atoms with Crippen LogP contribution in [0.3, 0.4) is 0 Å². The summed E-state index contributed by atoms with van der Waals surface area (Å²) in [7, 11) is 0. The molecule has 0 amide bonds. The normalized spacial score (nSPS) is 22.6. The minimum absolute atomic E-state index is 0.764. The number of rotatable bonds is 4.